The van der Waals surface area contributed by atoms with Crippen molar-refractivity contribution in [2.45, 2.75) is 51.7 Å². The molecule has 1 heterocycles. The van der Waals surface area contributed by atoms with Gasteiger partial charge in [-0.1, -0.05) is 38.1 Å². The van der Waals surface area contributed by atoms with Crippen molar-refractivity contribution in [2.75, 3.05) is 13.2 Å². The van der Waals surface area contributed by atoms with E-state index < -0.39 is 0 Å². The van der Waals surface area contributed by atoms with E-state index in [0.29, 0.717) is 12.1 Å². The molecule has 100 valence electrons. The summed E-state index contributed by atoms with van der Waals surface area (Å²) in [5, 5.41) is 3.64. The third-order valence-electron chi connectivity index (χ3n) is 3.81. The number of rotatable bonds is 6. The predicted octanol–water partition coefficient (Wildman–Crippen LogP) is 3.47. The largest absolute Gasteiger partial charge is 0.377 e. The molecule has 2 unspecified atom stereocenters. The van der Waals surface area contributed by atoms with Crippen LogP contribution >= 0.6 is 0 Å². The number of hydrogen-bond acceptors (Lipinski definition) is 2. The van der Waals surface area contributed by atoms with Crippen LogP contribution in [0.3, 0.4) is 0 Å². The van der Waals surface area contributed by atoms with Gasteiger partial charge in [0.2, 0.25) is 0 Å². The van der Waals surface area contributed by atoms with Crippen LogP contribution in [-0.2, 0) is 11.2 Å². The lowest BCUT2D eigenvalue weighted by Gasteiger charge is -2.20. The van der Waals surface area contributed by atoms with E-state index >= 15 is 0 Å². The average molecular weight is 247 g/mol. The fraction of sp³-hybridized carbons (Fsp3) is 0.625. The lowest BCUT2D eigenvalue weighted by molar-refractivity contribution is 0.107. The molecule has 0 amide bonds. The molecule has 0 aromatic heterocycles. The molecule has 0 saturated carbocycles. The van der Waals surface area contributed by atoms with Crippen LogP contribution in [0.1, 0.15) is 50.3 Å². The average Bonchev–Trinajstić information content (AvgIpc) is 2.93. The molecule has 18 heavy (non-hydrogen) atoms. The standard InChI is InChI=1S/C16H25NO/c1-3-13-7-9-14(10-8-13)16(4-2)17-12-15-6-5-11-18-15/h7-10,15-17H,3-6,11-12H2,1-2H3. The van der Waals surface area contributed by atoms with Crippen molar-refractivity contribution < 1.29 is 4.74 Å². The molecule has 1 saturated heterocycles. The van der Waals surface area contributed by atoms with Crippen molar-refractivity contribution in [1.29, 1.82) is 0 Å². The van der Waals surface area contributed by atoms with Crippen LogP contribution in [0.2, 0.25) is 0 Å². The van der Waals surface area contributed by atoms with Gasteiger partial charge in [0, 0.05) is 19.2 Å². The molecule has 1 aliphatic rings. The summed E-state index contributed by atoms with van der Waals surface area (Å²) in [4.78, 5) is 0. The third kappa shape index (κ3) is 3.56. The monoisotopic (exact) mass is 247 g/mol. The van der Waals surface area contributed by atoms with E-state index in [0.717, 1.165) is 26.0 Å². The summed E-state index contributed by atoms with van der Waals surface area (Å²) in [6.07, 6.45) is 5.08. The Hall–Kier alpha value is -0.860. The summed E-state index contributed by atoms with van der Waals surface area (Å²) in [5.74, 6) is 0. The smallest absolute Gasteiger partial charge is 0.0700 e. The molecule has 0 aliphatic carbocycles. The lowest BCUT2D eigenvalue weighted by atomic mass is 10.0. The molecule has 1 aliphatic heterocycles. The normalized spacial score (nSPS) is 21.1. The van der Waals surface area contributed by atoms with Crippen LogP contribution in [0.5, 0.6) is 0 Å². The molecule has 1 N–H and O–H groups in total. The first-order valence-corrected chi connectivity index (χ1v) is 7.27. The van der Waals surface area contributed by atoms with E-state index in [1.54, 1.807) is 0 Å². The minimum Gasteiger partial charge on any atom is -0.377 e. The highest BCUT2D eigenvalue weighted by atomic mass is 16.5. The van der Waals surface area contributed by atoms with E-state index in [2.05, 4.69) is 43.4 Å². The second kappa shape index (κ2) is 6.91. The van der Waals surface area contributed by atoms with Crippen molar-refractivity contribution in [2.24, 2.45) is 0 Å². The van der Waals surface area contributed by atoms with Crippen molar-refractivity contribution >= 4 is 0 Å². The van der Waals surface area contributed by atoms with Crippen molar-refractivity contribution in [3.63, 3.8) is 0 Å². The molecular weight excluding hydrogens is 222 g/mol. The molecule has 1 fully saturated rings. The Bertz CT molecular complexity index is 341. The number of benzene rings is 1. The van der Waals surface area contributed by atoms with Gasteiger partial charge in [-0.05, 0) is 36.8 Å². The zero-order valence-electron chi connectivity index (χ0n) is 11.6. The van der Waals surface area contributed by atoms with Gasteiger partial charge in [-0.25, -0.2) is 0 Å². The highest BCUT2D eigenvalue weighted by Crippen LogP contribution is 2.19. The van der Waals surface area contributed by atoms with Crippen LogP contribution in [0, 0.1) is 0 Å². The van der Waals surface area contributed by atoms with Gasteiger partial charge < -0.3 is 10.1 Å². The van der Waals surface area contributed by atoms with Crippen LogP contribution < -0.4 is 5.32 Å². The third-order valence-corrected chi connectivity index (χ3v) is 3.81. The summed E-state index contributed by atoms with van der Waals surface area (Å²) in [7, 11) is 0. The van der Waals surface area contributed by atoms with E-state index in [4.69, 9.17) is 4.74 Å². The summed E-state index contributed by atoms with van der Waals surface area (Å²) >= 11 is 0. The number of hydrogen-bond donors (Lipinski definition) is 1. The van der Waals surface area contributed by atoms with E-state index in [9.17, 15) is 0 Å². The Balaban J connectivity index is 1.89. The molecule has 0 radical (unpaired) electrons. The van der Waals surface area contributed by atoms with Gasteiger partial charge in [-0.3, -0.25) is 0 Å². The van der Waals surface area contributed by atoms with Crippen molar-refractivity contribution in [3.8, 4) is 0 Å². The van der Waals surface area contributed by atoms with Gasteiger partial charge >= 0.3 is 0 Å². The maximum Gasteiger partial charge on any atom is 0.0700 e. The highest BCUT2D eigenvalue weighted by Gasteiger charge is 2.17. The fourth-order valence-electron chi connectivity index (χ4n) is 2.56. The lowest BCUT2D eigenvalue weighted by Crippen LogP contribution is -2.29. The molecule has 2 heteroatoms. The molecular formula is C16H25NO. The van der Waals surface area contributed by atoms with Gasteiger partial charge in [0.25, 0.3) is 0 Å². The zero-order chi connectivity index (χ0) is 12.8. The summed E-state index contributed by atoms with van der Waals surface area (Å²) < 4.78 is 5.66. The van der Waals surface area contributed by atoms with Gasteiger partial charge in [-0.2, -0.15) is 0 Å². The topological polar surface area (TPSA) is 21.3 Å². The van der Waals surface area contributed by atoms with Gasteiger partial charge in [0.05, 0.1) is 6.10 Å². The predicted molar refractivity (Wildman–Crippen MR) is 75.8 cm³/mol. The number of ether oxygens (including phenoxy) is 1. The Labute approximate surface area is 111 Å². The van der Waals surface area contributed by atoms with E-state index in [1.807, 2.05) is 0 Å². The van der Waals surface area contributed by atoms with Gasteiger partial charge in [-0.15, -0.1) is 0 Å². The van der Waals surface area contributed by atoms with Crippen LogP contribution in [-0.4, -0.2) is 19.3 Å². The molecule has 0 bridgehead atoms. The second-order valence-corrected chi connectivity index (χ2v) is 5.10. The molecule has 1 aromatic rings. The van der Waals surface area contributed by atoms with Gasteiger partial charge in [0.15, 0.2) is 0 Å². The summed E-state index contributed by atoms with van der Waals surface area (Å²) in [5.41, 5.74) is 2.81. The van der Waals surface area contributed by atoms with Gasteiger partial charge in [0.1, 0.15) is 0 Å². The first-order valence-electron chi connectivity index (χ1n) is 7.27. The maximum atomic E-state index is 5.66. The minimum absolute atomic E-state index is 0.425. The summed E-state index contributed by atoms with van der Waals surface area (Å²) in [6.45, 7) is 6.35. The maximum absolute atomic E-state index is 5.66. The SMILES string of the molecule is CCc1ccc(C(CC)NCC2CCCO2)cc1. The van der Waals surface area contributed by atoms with Crippen LogP contribution in [0.15, 0.2) is 24.3 Å². The fourth-order valence-corrected chi connectivity index (χ4v) is 2.56. The Morgan fingerprint density at radius 2 is 2.06 bits per heavy atom. The minimum atomic E-state index is 0.425. The number of aryl methyl sites for hydroxylation is 1. The molecule has 2 nitrogen and oxygen atoms in total. The number of nitrogens with one attached hydrogen (secondary N) is 1. The van der Waals surface area contributed by atoms with Crippen LogP contribution in [0.25, 0.3) is 0 Å². The van der Waals surface area contributed by atoms with Crippen molar-refractivity contribution in [1.82, 2.24) is 5.32 Å². The molecule has 2 rings (SSSR count). The van der Waals surface area contributed by atoms with Crippen LogP contribution in [0.4, 0.5) is 0 Å². The molecule has 0 spiro atoms. The van der Waals surface area contributed by atoms with E-state index in [1.165, 1.54) is 24.0 Å². The molecule has 2 atom stereocenters. The van der Waals surface area contributed by atoms with E-state index in [-0.39, 0.29) is 0 Å². The quantitative estimate of drug-likeness (QED) is 0.831. The zero-order valence-corrected chi connectivity index (χ0v) is 11.6. The highest BCUT2D eigenvalue weighted by molar-refractivity contribution is 5.25. The Morgan fingerprint density at radius 1 is 1.28 bits per heavy atom. The van der Waals surface area contributed by atoms with Crippen molar-refractivity contribution in [3.05, 3.63) is 35.4 Å². The first kappa shape index (κ1) is 13.6. The molecule has 1 aromatic carbocycles. The first-order chi connectivity index (χ1) is 8.83. The summed E-state index contributed by atoms with van der Waals surface area (Å²) in [6, 6.07) is 9.46. The Kier molecular flexibility index (Phi) is 5.21. The second-order valence-electron chi connectivity index (χ2n) is 5.10. The Morgan fingerprint density at radius 3 is 2.61 bits per heavy atom.